The molecule has 37 heavy (non-hydrogen) atoms. The number of aryl methyl sites for hydroxylation is 1. The van der Waals surface area contributed by atoms with E-state index in [1.54, 1.807) is 29.0 Å². The van der Waals surface area contributed by atoms with Crippen LogP contribution in [0.4, 0.5) is 16.2 Å². The lowest BCUT2D eigenvalue weighted by molar-refractivity contribution is -0.137. The Bertz CT molecular complexity index is 1460. The summed E-state index contributed by atoms with van der Waals surface area (Å²) in [7, 11) is 0. The standard InChI is InChI=1S/C30H29N3O4/c1-20-6-3-4-8-27(20)32-30(37)31-25-15-13-24(14-16-25)26-7-5-17-33(29(26)36)19-22-9-11-23(12-10-22)21(2)18-28(34)35/h3-17,21H,18-19H2,1-2H3,(H,34,35)(H2,31,32,37)/t21-/m1/s1. The Hall–Kier alpha value is -4.65. The molecule has 1 aromatic heterocycles. The van der Waals surface area contributed by atoms with Gasteiger partial charge in [-0.15, -0.1) is 0 Å². The predicted molar refractivity (Wildman–Crippen MR) is 146 cm³/mol. The number of pyridine rings is 1. The van der Waals surface area contributed by atoms with Gasteiger partial charge in [0.1, 0.15) is 0 Å². The summed E-state index contributed by atoms with van der Waals surface area (Å²) >= 11 is 0. The zero-order valence-corrected chi connectivity index (χ0v) is 20.8. The van der Waals surface area contributed by atoms with Crippen LogP contribution < -0.4 is 16.2 Å². The Morgan fingerprint density at radius 1 is 0.892 bits per heavy atom. The van der Waals surface area contributed by atoms with Crippen molar-refractivity contribution < 1.29 is 14.7 Å². The summed E-state index contributed by atoms with van der Waals surface area (Å²) < 4.78 is 1.65. The highest BCUT2D eigenvalue weighted by atomic mass is 16.4. The molecule has 3 aromatic carbocycles. The van der Waals surface area contributed by atoms with Crippen LogP contribution in [0.3, 0.4) is 0 Å². The molecule has 0 aliphatic carbocycles. The van der Waals surface area contributed by atoms with Gasteiger partial charge in [-0.25, -0.2) is 4.79 Å². The first kappa shape index (κ1) is 25.4. The average molecular weight is 496 g/mol. The van der Waals surface area contributed by atoms with Crippen LogP contribution in [-0.4, -0.2) is 21.7 Å². The van der Waals surface area contributed by atoms with Gasteiger partial charge in [0, 0.05) is 23.1 Å². The lowest BCUT2D eigenvalue weighted by atomic mass is 9.97. The van der Waals surface area contributed by atoms with Gasteiger partial charge in [0.15, 0.2) is 0 Å². The number of carbonyl (C=O) groups is 2. The summed E-state index contributed by atoms with van der Waals surface area (Å²) in [6.45, 7) is 4.21. The van der Waals surface area contributed by atoms with E-state index in [-0.39, 0.29) is 23.9 Å². The van der Waals surface area contributed by atoms with Gasteiger partial charge in [0.2, 0.25) is 0 Å². The third kappa shape index (κ3) is 6.52. The average Bonchev–Trinajstić information content (AvgIpc) is 2.87. The second-order valence-corrected chi connectivity index (χ2v) is 9.07. The van der Waals surface area contributed by atoms with Crippen LogP contribution in [0.15, 0.2) is 95.9 Å². The molecule has 0 spiro atoms. The number of hydrogen-bond acceptors (Lipinski definition) is 3. The van der Waals surface area contributed by atoms with E-state index < -0.39 is 5.97 Å². The van der Waals surface area contributed by atoms with Crippen LogP contribution in [0.2, 0.25) is 0 Å². The molecule has 0 bridgehead atoms. The topological polar surface area (TPSA) is 100 Å². The molecule has 3 N–H and O–H groups in total. The molecule has 4 aromatic rings. The fourth-order valence-corrected chi connectivity index (χ4v) is 4.14. The van der Waals surface area contributed by atoms with Crippen LogP contribution >= 0.6 is 0 Å². The summed E-state index contributed by atoms with van der Waals surface area (Å²) in [4.78, 5) is 36.5. The van der Waals surface area contributed by atoms with Gasteiger partial charge >= 0.3 is 12.0 Å². The van der Waals surface area contributed by atoms with E-state index in [9.17, 15) is 14.4 Å². The maximum absolute atomic E-state index is 13.2. The minimum atomic E-state index is -0.825. The molecular weight excluding hydrogens is 466 g/mol. The SMILES string of the molecule is Cc1ccccc1NC(=O)Nc1ccc(-c2cccn(Cc3ccc([C@H](C)CC(=O)O)cc3)c2=O)cc1. The normalized spacial score (nSPS) is 11.5. The van der Waals surface area contributed by atoms with Crippen molar-refractivity contribution in [3.05, 3.63) is 118 Å². The molecular formula is C30H29N3O4. The second kappa shape index (κ2) is 11.4. The quantitative estimate of drug-likeness (QED) is 0.275. The Morgan fingerprint density at radius 2 is 1.59 bits per heavy atom. The fourth-order valence-electron chi connectivity index (χ4n) is 4.14. The highest BCUT2D eigenvalue weighted by molar-refractivity contribution is 6.00. The van der Waals surface area contributed by atoms with Gasteiger partial charge < -0.3 is 20.3 Å². The molecule has 0 unspecified atom stereocenters. The molecule has 7 nitrogen and oxygen atoms in total. The van der Waals surface area contributed by atoms with Crippen LogP contribution in [0.1, 0.15) is 36.0 Å². The monoisotopic (exact) mass is 495 g/mol. The van der Waals surface area contributed by atoms with Crippen molar-refractivity contribution in [3.63, 3.8) is 0 Å². The van der Waals surface area contributed by atoms with E-state index in [2.05, 4.69) is 10.6 Å². The molecule has 7 heteroatoms. The van der Waals surface area contributed by atoms with Crippen molar-refractivity contribution >= 4 is 23.4 Å². The number of carboxylic acid groups (broad SMARTS) is 1. The molecule has 2 amide bonds. The fraction of sp³-hybridized carbons (Fsp3) is 0.167. The third-order valence-corrected chi connectivity index (χ3v) is 6.25. The number of aromatic nitrogens is 1. The van der Waals surface area contributed by atoms with Gasteiger partial charge in [0.25, 0.3) is 5.56 Å². The van der Waals surface area contributed by atoms with Gasteiger partial charge in [-0.1, -0.05) is 61.5 Å². The first-order valence-electron chi connectivity index (χ1n) is 12.0. The molecule has 0 saturated heterocycles. The number of amides is 2. The van der Waals surface area contributed by atoms with Crippen LogP contribution in [0, 0.1) is 6.92 Å². The summed E-state index contributed by atoms with van der Waals surface area (Å²) in [5.41, 5.74) is 5.42. The first-order valence-corrected chi connectivity index (χ1v) is 12.0. The number of nitrogens with one attached hydrogen (secondary N) is 2. The highest BCUT2D eigenvalue weighted by Crippen LogP contribution is 2.21. The molecule has 1 heterocycles. The minimum absolute atomic E-state index is 0.0759. The highest BCUT2D eigenvalue weighted by Gasteiger charge is 2.11. The van der Waals surface area contributed by atoms with Crippen molar-refractivity contribution in [2.75, 3.05) is 10.6 Å². The van der Waals surface area contributed by atoms with Crippen molar-refractivity contribution in [1.82, 2.24) is 4.57 Å². The van der Waals surface area contributed by atoms with Crippen molar-refractivity contribution in [1.29, 1.82) is 0 Å². The molecule has 188 valence electrons. The number of rotatable bonds is 8. The van der Waals surface area contributed by atoms with Crippen LogP contribution in [-0.2, 0) is 11.3 Å². The molecule has 0 aliphatic heterocycles. The molecule has 1 atom stereocenters. The van der Waals surface area contributed by atoms with E-state index in [0.717, 1.165) is 27.9 Å². The largest absolute Gasteiger partial charge is 0.481 e. The summed E-state index contributed by atoms with van der Waals surface area (Å²) in [6, 6.07) is 25.6. The third-order valence-electron chi connectivity index (χ3n) is 6.25. The number of benzene rings is 3. The Balaban J connectivity index is 1.44. The van der Waals surface area contributed by atoms with Crippen molar-refractivity contribution in [2.45, 2.75) is 32.7 Å². The number of carbonyl (C=O) groups excluding carboxylic acids is 1. The van der Waals surface area contributed by atoms with Gasteiger partial charge in [-0.2, -0.15) is 0 Å². The number of carboxylic acids is 1. The Labute approximate surface area is 215 Å². The zero-order chi connectivity index (χ0) is 26.4. The second-order valence-electron chi connectivity index (χ2n) is 9.07. The predicted octanol–water partition coefficient (Wildman–Crippen LogP) is 6.09. The van der Waals surface area contributed by atoms with E-state index in [4.69, 9.17) is 5.11 Å². The molecule has 0 aliphatic rings. The van der Waals surface area contributed by atoms with Crippen LogP contribution in [0.5, 0.6) is 0 Å². The summed E-state index contributed by atoms with van der Waals surface area (Å²) in [6.07, 6.45) is 1.82. The van der Waals surface area contributed by atoms with E-state index in [1.807, 2.05) is 80.6 Å². The van der Waals surface area contributed by atoms with Gasteiger partial charge in [-0.3, -0.25) is 9.59 Å². The number of hydrogen-bond donors (Lipinski definition) is 3. The van der Waals surface area contributed by atoms with Crippen molar-refractivity contribution in [2.24, 2.45) is 0 Å². The van der Waals surface area contributed by atoms with E-state index >= 15 is 0 Å². The number of aliphatic carboxylic acids is 1. The molecule has 0 saturated carbocycles. The number of anilines is 2. The number of urea groups is 1. The summed E-state index contributed by atoms with van der Waals surface area (Å²) in [5, 5.41) is 14.6. The maximum atomic E-state index is 13.2. The number of nitrogens with zero attached hydrogens (tertiary/aromatic N) is 1. The lowest BCUT2D eigenvalue weighted by Gasteiger charge is -2.12. The Kier molecular flexibility index (Phi) is 7.83. The lowest BCUT2D eigenvalue weighted by Crippen LogP contribution is -2.21. The van der Waals surface area contributed by atoms with Crippen LogP contribution in [0.25, 0.3) is 11.1 Å². The zero-order valence-electron chi connectivity index (χ0n) is 20.8. The smallest absolute Gasteiger partial charge is 0.323 e. The molecule has 4 rings (SSSR count). The Morgan fingerprint density at radius 3 is 2.27 bits per heavy atom. The minimum Gasteiger partial charge on any atom is -0.481 e. The van der Waals surface area contributed by atoms with Gasteiger partial charge in [-0.05, 0) is 65.4 Å². The molecule has 0 radical (unpaired) electrons. The van der Waals surface area contributed by atoms with E-state index in [0.29, 0.717) is 17.8 Å². The maximum Gasteiger partial charge on any atom is 0.323 e. The molecule has 0 fully saturated rings. The van der Waals surface area contributed by atoms with Crippen molar-refractivity contribution in [3.8, 4) is 11.1 Å². The number of para-hydroxylation sites is 1. The first-order chi connectivity index (χ1) is 17.8. The summed E-state index contributed by atoms with van der Waals surface area (Å²) in [5.74, 6) is -0.905. The van der Waals surface area contributed by atoms with E-state index in [1.165, 1.54) is 0 Å². The van der Waals surface area contributed by atoms with Gasteiger partial charge in [0.05, 0.1) is 13.0 Å².